The third-order valence-corrected chi connectivity index (χ3v) is 32.1. The molecule has 0 amide bonds. The highest BCUT2D eigenvalue weighted by Gasteiger charge is 2.25. The molecule has 10 heterocycles. The SMILES string of the molecule is c1ccc(-c2cc(-c3ccccc3)cc(-n3c4ccccc4c4ccc5c6ccccc6sc5c43)c2)cc1.c1ccc(-c2ccc(-n3c4ccccc4c4ccc5c6ccccc6sc5c43)cc2)cc1.c1ccc(-c2cccc(-n3c4ccccc4c4ccc5c6ccccc6sc5c43)c2)cc1.c1ccc2c(c1)sc1c2ccc2c3ccccc3n(-c3ccc(-c4cn5ccccc5n4)cc3)c21. The molecule has 0 atom stereocenters. The van der Waals surface area contributed by atoms with Gasteiger partial charge in [0.25, 0.3) is 0 Å². The molecule has 20 aromatic carbocycles. The number of nitrogens with zero attached hydrogens (tertiary/aromatic N) is 6. The van der Waals surface area contributed by atoms with Gasteiger partial charge in [-0.3, -0.25) is 0 Å². The Morgan fingerprint density at radius 1 is 0.168 bits per heavy atom. The van der Waals surface area contributed by atoms with Gasteiger partial charge in [0.2, 0.25) is 0 Å². The summed E-state index contributed by atoms with van der Waals surface area (Å²) in [6.45, 7) is 0. The molecule has 10 heteroatoms. The lowest BCUT2D eigenvalue weighted by Crippen LogP contribution is -1.96. The summed E-state index contributed by atoms with van der Waals surface area (Å²) >= 11 is 7.57. The lowest BCUT2D eigenvalue weighted by Gasteiger charge is -2.14. The fourth-order valence-electron chi connectivity index (χ4n) is 21.1. The lowest BCUT2D eigenvalue weighted by atomic mass is 9.98. The van der Waals surface area contributed by atoms with Gasteiger partial charge >= 0.3 is 0 Å². The van der Waals surface area contributed by atoms with Gasteiger partial charge in [0.1, 0.15) is 5.65 Å². The van der Waals surface area contributed by atoms with Crippen molar-refractivity contribution in [3.63, 3.8) is 0 Å². The second kappa shape index (κ2) is 33.1. The Morgan fingerprint density at radius 3 is 0.818 bits per heavy atom. The van der Waals surface area contributed by atoms with E-state index in [0.29, 0.717) is 0 Å². The van der Waals surface area contributed by atoms with Crippen LogP contribution in [0.2, 0.25) is 0 Å². The largest absolute Gasteiger partial charge is 0.308 e. The maximum atomic E-state index is 4.80. The van der Waals surface area contributed by atoms with E-state index in [1.807, 2.05) is 69.7 Å². The smallest absolute Gasteiger partial charge is 0.137 e. The number of thiophene rings is 4. The molecule has 0 N–H and O–H groups in total. The van der Waals surface area contributed by atoms with Crippen molar-refractivity contribution in [2.75, 3.05) is 0 Å². The molecular weight excluding hydrogens is 1740 g/mol. The number of hydrogen-bond donors (Lipinski definition) is 0. The van der Waals surface area contributed by atoms with Gasteiger partial charge in [-0.2, -0.15) is 0 Å². The molecule has 0 aliphatic heterocycles. The highest BCUT2D eigenvalue weighted by molar-refractivity contribution is 7.28. The number of benzene rings is 20. The molecule has 0 aliphatic carbocycles. The van der Waals surface area contributed by atoms with Gasteiger partial charge in [0.15, 0.2) is 0 Å². The van der Waals surface area contributed by atoms with Gasteiger partial charge in [-0.15, -0.1) is 45.3 Å². The average molecular weight is 1820 g/mol. The number of fused-ring (bicyclic) bond motifs is 29. The fraction of sp³-hybridized carbons (Fsp3) is 0. The number of pyridine rings is 1. The van der Waals surface area contributed by atoms with E-state index in [9.17, 15) is 0 Å². The van der Waals surface area contributed by atoms with Crippen molar-refractivity contribution in [3.05, 3.63) is 486 Å². The van der Waals surface area contributed by atoms with Crippen LogP contribution in [0.1, 0.15) is 0 Å². The molecule has 0 aliphatic rings. The van der Waals surface area contributed by atoms with E-state index in [1.54, 1.807) is 0 Å². The number of aromatic nitrogens is 6. The normalized spacial score (nSPS) is 11.8. The summed E-state index contributed by atoms with van der Waals surface area (Å²) in [5.41, 5.74) is 27.8. The third kappa shape index (κ3) is 13.5. The van der Waals surface area contributed by atoms with E-state index in [1.165, 1.54) is 229 Å². The Kier molecular flexibility index (Phi) is 19.3. The number of para-hydroxylation sites is 4. The minimum atomic E-state index is 0.959. The Bertz CT molecular complexity index is 9890. The van der Waals surface area contributed by atoms with Crippen LogP contribution >= 0.6 is 45.3 Å². The standard InChI is InChI=1S/C36H23NS.C31H19N3S.2C30H19NS/c1-3-11-24(12-4-1)26-21-27(25-13-5-2-6-14-25)23-28(22-26)37-33-17-9-7-15-29(33)31-19-20-32-30-16-8-10-18-34(30)38-36(32)35(31)37;1-3-9-27-22(7-1)24-16-17-25-23-8-2-4-10-28(23)35-31(25)30(24)34(27)21-14-12-20(13-15-21)26-19-33-18-6-5-11-29(33)32-26;1-2-9-20(10-3-1)21-11-8-12-22(19-21)31-27-15-6-4-13-23(27)25-17-18-26-24-14-5-7-16-28(24)32-30(26)29(25)31;1-2-8-20(9-3-1)21-14-16-22(17-15-21)31-27-12-6-4-10-23(27)25-18-19-26-24-11-5-7-13-28(24)32-30(26)29(25)31/h1-23H;1-19H;2*1-19H. The highest BCUT2D eigenvalue weighted by atomic mass is 32.1. The van der Waals surface area contributed by atoms with Gasteiger partial charge in [-0.05, 0) is 160 Å². The molecule has 10 aromatic heterocycles. The second-order valence-corrected chi connectivity index (χ2v) is 39.3. The van der Waals surface area contributed by atoms with E-state index in [2.05, 4.69) is 484 Å². The summed E-state index contributed by atoms with van der Waals surface area (Å²) in [5, 5.41) is 21.0. The zero-order valence-electron chi connectivity index (χ0n) is 74.0. The molecule has 0 fully saturated rings. The van der Waals surface area contributed by atoms with E-state index in [0.717, 1.165) is 22.6 Å². The van der Waals surface area contributed by atoms with E-state index in [4.69, 9.17) is 4.98 Å². The van der Waals surface area contributed by atoms with E-state index < -0.39 is 0 Å². The van der Waals surface area contributed by atoms with Crippen molar-refractivity contribution < 1.29 is 0 Å². The van der Waals surface area contributed by atoms with Crippen LogP contribution in [0.5, 0.6) is 0 Å². The van der Waals surface area contributed by atoms with Gasteiger partial charge in [0.05, 0.1) is 68.6 Å². The minimum Gasteiger partial charge on any atom is -0.308 e. The molecule has 0 saturated carbocycles. The van der Waals surface area contributed by atoms with Crippen molar-refractivity contribution in [2.45, 2.75) is 0 Å². The van der Waals surface area contributed by atoms with Crippen molar-refractivity contribution in [1.29, 1.82) is 0 Å². The predicted molar refractivity (Wildman–Crippen MR) is 591 cm³/mol. The van der Waals surface area contributed by atoms with Crippen molar-refractivity contribution in [3.8, 4) is 78.5 Å². The van der Waals surface area contributed by atoms with Crippen LogP contribution in [0.3, 0.4) is 0 Å². The molecule has 642 valence electrons. The van der Waals surface area contributed by atoms with Crippen LogP contribution < -0.4 is 0 Å². The number of rotatable bonds is 9. The topological polar surface area (TPSA) is 37.0 Å². The van der Waals surface area contributed by atoms with E-state index in [-0.39, 0.29) is 0 Å². The highest BCUT2D eigenvalue weighted by Crippen LogP contribution is 2.50. The van der Waals surface area contributed by atoms with Crippen molar-refractivity contribution >= 4 is 219 Å². The fourth-order valence-corrected chi connectivity index (χ4v) is 26.0. The van der Waals surface area contributed by atoms with Crippen LogP contribution in [-0.4, -0.2) is 27.7 Å². The first-order valence-electron chi connectivity index (χ1n) is 46.4. The zero-order valence-corrected chi connectivity index (χ0v) is 77.3. The minimum absolute atomic E-state index is 0.959. The summed E-state index contributed by atoms with van der Waals surface area (Å²) in [7, 11) is 0. The van der Waals surface area contributed by atoms with Gasteiger partial charge in [0, 0.05) is 146 Å². The Labute approximate surface area is 804 Å². The first-order valence-corrected chi connectivity index (χ1v) is 49.7. The molecule has 0 spiro atoms. The summed E-state index contributed by atoms with van der Waals surface area (Å²) in [6, 6.07) is 171. The quantitative estimate of drug-likeness (QED) is 0.142. The Hall–Kier alpha value is -16.8. The first kappa shape index (κ1) is 79.9. The molecule has 30 aromatic rings. The lowest BCUT2D eigenvalue weighted by molar-refractivity contribution is 1.19. The second-order valence-electron chi connectivity index (χ2n) is 35.1. The summed E-state index contributed by atoms with van der Waals surface area (Å²) < 4.78 is 22.6. The first-order chi connectivity index (χ1) is 68.0. The van der Waals surface area contributed by atoms with Crippen LogP contribution in [0.4, 0.5) is 0 Å². The molecule has 6 nitrogen and oxygen atoms in total. The van der Waals surface area contributed by atoms with Crippen LogP contribution in [-0.2, 0) is 0 Å². The number of imidazole rings is 1. The Morgan fingerprint density at radius 2 is 0.445 bits per heavy atom. The molecule has 0 unspecified atom stereocenters. The van der Waals surface area contributed by atoms with E-state index >= 15 is 0 Å². The van der Waals surface area contributed by atoms with Gasteiger partial charge in [-0.1, -0.05) is 358 Å². The number of hydrogen-bond acceptors (Lipinski definition) is 5. The average Bonchev–Trinajstić information content (AvgIpc) is 1.58. The van der Waals surface area contributed by atoms with Gasteiger partial charge < -0.3 is 22.7 Å². The third-order valence-electron chi connectivity index (χ3n) is 27.3. The van der Waals surface area contributed by atoms with Crippen molar-refractivity contribution in [1.82, 2.24) is 27.7 Å². The summed E-state index contributed by atoms with van der Waals surface area (Å²) in [5.74, 6) is 0. The van der Waals surface area contributed by atoms with Crippen LogP contribution in [0.25, 0.3) is 252 Å². The predicted octanol–water partition coefficient (Wildman–Crippen LogP) is 36.6. The molecular formula is C127H80N6S4. The molecule has 0 saturated heterocycles. The monoisotopic (exact) mass is 1820 g/mol. The molecule has 0 bridgehead atoms. The molecule has 137 heavy (non-hydrogen) atoms. The summed E-state index contributed by atoms with van der Waals surface area (Å²) in [4.78, 5) is 4.80. The Balaban J connectivity index is 0.0000000926. The van der Waals surface area contributed by atoms with Gasteiger partial charge in [-0.25, -0.2) is 4.98 Å². The maximum Gasteiger partial charge on any atom is 0.137 e. The maximum absolute atomic E-state index is 4.80. The molecule has 30 rings (SSSR count). The molecule has 0 radical (unpaired) electrons. The zero-order chi connectivity index (χ0) is 90.1. The van der Waals surface area contributed by atoms with Crippen LogP contribution in [0, 0.1) is 0 Å². The van der Waals surface area contributed by atoms with Crippen LogP contribution in [0.15, 0.2) is 486 Å². The summed E-state index contributed by atoms with van der Waals surface area (Å²) in [6.07, 6.45) is 4.13. The van der Waals surface area contributed by atoms with Crippen molar-refractivity contribution in [2.24, 2.45) is 0 Å².